The molecular weight excluding hydrogens is 340 g/mol. The maximum Gasteiger partial charge on any atom is 0.196 e. The molecule has 0 radical (unpaired) electrons. The van der Waals surface area contributed by atoms with E-state index in [9.17, 15) is 4.79 Å². The minimum Gasteiger partial charge on any atom is -0.359 e. The maximum absolute atomic E-state index is 12.7. The molecule has 0 aliphatic carbocycles. The van der Waals surface area contributed by atoms with Crippen molar-refractivity contribution < 1.29 is 9.32 Å². The highest BCUT2D eigenvalue weighted by atomic mass is 16.5. The van der Waals surface area contributed by atoms with E-state index in [1.54, 1.807) is 25.1 Å². The lowest BCUT2D eigenvalue weighted by atomic mass is 9.94. The van der Waals surface area contributed by atoms with Crippen molar-refractivity contribution in [2.75, 3.05) is 19.4 Å². The van der Waals surface area contributed by atoms with Crippen molar-refractivity contribution in [3.63, 3.8) is 0 Å². The number of anilines is 1. The van der Waals surface area contributed by atoms with Crippen LogP contribution in [-0.4, -0.2) is 35.9 Å². The van der Waals surface area contributed by atoms with Crippen molar-refractivity contribution in [1.29, 1.82) is 5.41 Å². The Bertz CT molecular complexity index is 948. The maximum atomic E-state index is 12.7. The monoisotopic (exact) mass is 362 g/mol. The normalized spacial score (nSPS) is 11.7. The van der Waals surface area contributed by atoms with Crippen molar-refractivity contribution in [1.82, 2.24) is 10.1 Å². The van der Waals surface area contributed by atoms with E-state index in [0.717, 1.165) is 5.56 Å². The van der Waals surface area contributed by atoms with Crippen LogP contribution in [0.1, 0.15) is 40.1 Å². The molecule has 1 heterocycles. The first kappa shape index (κ1) is 18.4. The average Bonchev–Trinajstić information content (AvgIpc) is 3.16. The first-order valence-corrected chi connectivity index (χ1v) is 8.65. The Kier molecular flexibility index (Phi) is 5.35. The van der Waals surface area contributed by atoms with Gasteiger partial charge in [0.25, 0.3) is 0 Å². The summed E-state index contributed by atoms with van der Waals surface area (Å²) in [5.74, 6) is 1.27. The zero-order chi connectivity index (χ0) is 19.4. The second kappa shape index (κ2) is 7.86. The van der Waals surface area contributed by atoms with Gasteiger partial charge in [0.05, 0.1) is 0 Å². The molecule has 0 fully saturated rings. The minimum atomic E-state index is -0.0786. The molecule has 27 heavy (non-hydrogen) atoms. The van der Waals surface area contributed by atoms with E-state index in [0.29, 0.717) is 22.7 Å². The molecule has 0 aliphatic rings. The number of guanidine groups is 1. The fraction of sp³-hybridized carbons (Fsp3) is 0.190. The molecule has 1 unspecified atom stereocenters. The molecule has 3 aromatic rings. The molecule has 1 atom stereocenters. The molecule has 6 heteroatoms. The van der Waals surface area contributed by atoms with Gasteiger partial charge in [-0.2, -0.15) is 0 Å². The Morgan fingerprint density at radius 3 is 2.48 bits per heavy atom. The Morgan fingerprint density at radius 2 is 1.78 bits per heavy atom. The lowest BCUT2D eigenvalue weighted by Gasteiger charge is -2.12. The quantitative estimate of drug-likeness (QED) is 0.408. The second-order valence-electron chi connectivity index (χ2n) is 6.52. The molecule has 138 valence electrons. The number of nitrogens with one attached hydrogen (secondary N) is 2. The predicted octanol–water partition coefficient (Wildman–Crippen LogP) is 3.97. The van der Waals surface area contributed by atoms with E-state index in [4.69, 9.17) is 9.93 Å². The number of carbonyl (C=O) groups excluding carboxylic acids is 1. The average molecular weight is 362 g/mol. The largest absolute Gasteiger partial charge is 0.359 e. The first-order valence-electron chi connectivity index (χ1n) is 8.65. The molecule has 1 aromatic heterocycles. The summed E-state index contributed by atoms with van der Waals surface area (Å²) in [6.45, 7) is 1.99. The van der Waals surface area contributed by atoms with E-state index in [1.807, 2.05) is 61.5 Å². The minimum absolute atomic E-state index is 0.0102. The number of nitrogens with zero attached hydrogens (tertiary/aromatic N) is 2. The van der Waals surface area contributed by atoms with Gasteiger partial charge in [0.15, 0.2) is 17.6 Å². The van der Waals surface area contributed by atoms with E-state index in [2.05, 4.69) is 10.5 Å². The Labute approximate surface area is 158 Å². The van der Waals surface area contributed by atoms with Crippen LogP contribution in [-0.2, 0) is 0 Å². The second-order valence-corrected chi connectivity index (χ2v) is 6.52. The molecular formula is C21H22N4O2. The summed E-state index contributed by atoms with van der Waals surface area (Å²) >= 11 is 0. The van der Waals surface area contributed by atoms with Crippen molar-refractivity contribution in [3.05, 3.63) is 83.1 Å². The number of hydrogen-bond acceptors (Lipinski definition) is 4. The SMILES string of the molecule is CC(c1cccc(C(=O)c2ccccc2)c1)c1cc(NC(=N)N(C)C)no1. The van der Waals surface area contributed by atoms with Gasteiger partial charge in [0.2, 0.25) is 0 Å². The molecule has 0 saturated carbocycles. The number of hydrogen-bond donors (Lipinski definition) is 2. The molecule has 0 aliphatic heterocycles. The van der Waals surface area contributed by atoms with Crippen LogP contribution in [0.25, 0.3) is 0 Å². The van der Waals surface area contributed by atoms with E-state index in [1.165, 1.54) is 0 Å². The fourth-order valence-electron chi connectivity index (χ4n) is 2.66. The number of rotatable bonds is 5. The highest BCUT2D eigenvalue weighted by Gasteiger charge is 2.17. The number of benzene rings is 2. The first-order chi connectivity index (χ1) is 13.0. The molecule has 0 spiro atoms. The molecule has 0 amide bonds. The Balaban J connectivity index is 1.80. The van der Waals surface area contributed by atoms with Crippen LogP contribution < -0.4 is 5.32 Å². The fourth-order valence-corrected chi connectivity index (χ4v) is 2.66. The third kappa shape index (κ3) is 4.23. The van der Waals surface area contributed by atoms with Crippen LogP contribution in [0.4, 0.5) is 5.82 Å². The number of aromatic nitrogens is 1. The molecule has 2 aromatic carbocycles. The standard InChI is InChI=1S/C21H22N4O2/c1-14(18-13-19(24-27-18)23-21(22)25(2)3)16-10-7-11-17(12-16)20(26)15-8-5-4-6-9-15/h4-14H,1-3H3,(H2,22,23,24). The number of ketones is 1. The summed E-state index contributed by atoms with van der Waals surface area (Å²) in [5, 5.41) is 14.7. The Hall–Kier alpha value is -3.41. The summed E-state index contributed by atoms with van der Waals surface area (Å²) in [7, 11) is 3.54. The molecule has 0 bridgehead atoms. The Morgan fingerprint density at radius 1 is 1.07 bits per heavy atom. The van der Waals surface area contributed by atoms with Crippen LogP contribution in [0.3, 0.4) is 0 Å². The summed E-state index contributed by atoms with van der Waals surface area (Å²) in [6, 6.07) is 18.5. The highest BCUT2D eigenvalue weighted by molar-refractivity contribution is 6.09. The lowest BCUT2D eigenvalue weighted by molar-refractivity contribution is 0.103. The van der Waals surface area contributed by atoms with Gasteiger partial charge in [-0.3, -0.25) is 10.2 Å². The van der Waals surface area contributed by atoms with Gasteiger partial charge >= 0.3 is 0 Å². The summed E-state index contributed by atoms with van der Waals surface area (Å²) in [5.41, 5.74) is 2.26. The molecule has 3 rings (SSSR count). The summed E-state index contributed by atoms with van der Waals surface area (Å²) in [6.07, 6.45) is 0. The van der Waals surface area contributed by atoms with Gasteiger partial charge in [0.1, 0.15) is 5.76 Å². The van der Waals surface area contributed by atoms with Crippen LogP contribution in [0.15, 0.2) is 65.2 Å². The van der Waals surface area contributed by atoms with Gasteiger partial charge in [-0.05, 0) is 11.6 Å². The van der Waals surface area contributed by atoms with Crippen molar-refractivity contribution >= 4 is 17.6 Å². The summed E-state index contributed by atoms with van der Waals surface area (Å²) in [4.78, 5) is 14.3. The third-order valence-corrected chi connectivity index (χ3v) is 4.33. The van der Waals surface area contributed by atoms with Crippen LogP contribution in [0, 0.1) is 5.41 Å². The van der Waals surface area contributed by atoms with Crippen LogP contribution in [0.2, 0.25) is 0 Å². The van der Waals surface area contributed by atoms with Crippen LogP contribution in [0.5, 0.6) is 0 Å². The van der Waals surface area contributed by atoms with Gasteiger partial charge in [-0.15, -0.1) is 0 Å². The van der Waals surface area contributed by atoms with E-state index >= 15 is 0 Å². The molecule has 2 N–H and O–H groups in total. The van der Waals surface area contributed by atoms with Crippen molar-refractivity contribution in [3.8, 4) is 0 Å². The number of carbonyl (C=O) groups is 1. The summed E-state index contributed by atoms with van der Waals surface area (Å²) < 4.78 is 5.43. The van der Waals surface area contributed by atoms with E-state index in [-0.39, 0.29) is 17.7 Å². The lowest BCUT2D eigenvalue weighted by Crippen LogP contribution is -2.28. The van der Waals surface area contributed by atoms with Gasteiger partial charge < -0.3 is 14.7 Å². The van der Waals surface area contributed by atoms with Crippen molar-refractivity contribution in [2.45, 2.75) is 12.8 Å². The smallest absolute Gasteiger partial charge is 0.196 e. The predicted molar refractivity (Wildman–Crippen MR) is 105 cm³/mol. The zero-order valence-corrected chi connectivity index (χ0v) is 15.6. The molecule has 6 nitrogen and oxygen atoms in total. The molecule has 0 saturated heterocycles. The van der Waals surface area contributed by atoms with Gasteiger partial charge in [0, 0.05) is 37.2 Å². The van der Waals surface area contributed by atoms with Crippen molar-refractivity contribution in [2.24, 2.45) is 0 Å². The van der Waals surface area contributed by atoms with Gasteiger partial charge in [-0.1, -0.05) is 60.6 Å². The third-order valence-electron chi connectivity index (χ3n) is 4.33. The highest BCUT2D eigenvalue weighted by Crippen LogP contribution is 2.27. The van der Waals surface area contributed by atoms with E-state index < -0.39 is 0 Å². The van der Waals surface area contributed by atoms with Crippen LogP contribution >= 0.6 is 0 Å². The topological polar surface area (TPSA) is 82.2 Å². The zero-order valence-electron chi connectivity index (χ0n) is 15.6. The van der Waals surface area contributed by atoms with Gasteiger partial charge in [-0.25, -0.2) is 0 Å².